The number of hydrogen-bond acceptors (Lipinski definition) is 6. The second-order valence-corrected chi connectivity index (χ2v) is 9.75. The van der Waals surface area contributed by atoms with Crippen LogP contribution in [0.2, 0.25) is 0 Å². The van der Waals surface area contributed by atoms with Crippen molar-refractivity contribution in [1.29, 1.82) is 0 Å². The molecule has 1 saturated carbocycles. The molecule has 1 aliphatic carbocycles. The fraction of sp³-hybridized carbons (Fsp3) is 0.421. The molecule has 3 N–H and O–H groups in total. The van der Waals surface area contributed by atoms with Crippen molar-refractivity contribution in [3.8, 4) is 0 Å². The van der Waals surface area contributed by atoms with Crippen LogP contribution in [0.15, 0.2) is 35.6 Å². The zero-order valence-electron chi connectivity index (χ0n) is 17.1. The summed E-state index contributed by atoms with van der Waals surface area (Å²) in [6.45, 7) is -0.659. The largest absolute Gasteiger partial charge is 0.417 e. The Labute approximate surface area is 189 Å². The number of fused-ring (bicyclic) bond motifs is 1. The number of carbonyl (C=O) groups is 1. The summed E-state index contributed by atoms with van der Waals surface area (Å²) in [7, 11) is -4.24. The fourth-order valence-corrected chi connectivity index (χ4v) is 4.84. The predicted octanol–water partition coefficient (Wildman–Crippen LogP) is 3.17. The van der Waals surface area contributed by atoms with Crippen molar-refractivity contribution in [2.24, 2.45) is 16.5 Å². The molecule has 2 aromatic heterocycles. The molecule has 0 aromatic carbocycles. The van der Waals surface area contributed by atoms with Crippen LogP contribution in [0.3, 0.4) is 0 Å². The molecule has 2 aromatic rings. The second kappa shape index (κ2) is 7.80. The van der Waals surface area contributed by atoms with E-state index in [1.165, 1.54) is 11.0 Å². The molecular weight excluding hydrogens is 492 g/mol. The maximum atomic E-state index is 13.7. The van der Waals surface area contributed by atoms with Crippen LogP contribution in [0.25, 0.3) is 0 Å². The predicted molar refractivity (Wildman–Crippen MR) is 106 cm³/mol. The van der Waals surface area contributed by atoms with E-state index < -0.39 is 62.3 Å². The summed E-state index contributed by atoms with van der Waals surface area (Å²) in [6.07, 6.45) is -7.74. The summed E-state index contributed by atoms with van der Waals surface area (Å²) in [5.74, 6) is -2.21. The molecule has 0 radical (unpaired) electrons. The number of carbonyl (C=O) groups excluding carboxylic acids is 1. The van der Waals surface area contributed by atoms with E-state index in [-0.39, 0.29) is 24.5 Å². The third-order valence-electron chi connectivity index (χ3n) is 6.22. The second-order valence-electron chi connectivity index (χ2n) is 8.24. The van der Waals surface area contributed by atoms with Gasteiger partial charge in [-0.25, -0.2) is 23.5 Å². The number of hydrogen-bond donors (Lipinski definition) is 2. The first-order valence-electron chi connectivity index (χ1n) is 9.81. The van der Waals surface area contributed by atoms with Gasteiger partial charge in [-0.15, -0.1) is 0 Å². The number of nitrogens with one attached hydrogen (secondary N) is 1. The first kappa shape index (κ1) is 24.2. The van der Waals surface area contributed by atoms with Gasteiger partial charge in [-0.2, -0.15) is 26.3 Å². The van der Waals surface area contributed by atoms with Gasteiger partial charge in [0, 0.05) is 37.2 Å². The minimum atomic E-state index is -4.87. The normalized spacial score (nSPS) is 22.8. The molecule has 1 aliphatic heterocycles. The van der Waals surface area contributed by atoms with Crippen molar-refractivity contribution >= 4 is 27.4 Å². The Balaban J connectivity index is 1.71. The summed E-state index contributed by atoms with van der Waals surface area (Å²) in [6, 6.07) is 2.56. The average Bonchev–Trinajstić information content (AvgIpc) is 2.97. The number of sulfonamides is 1. The third-order valence-corrected chi connectivity index (χ3v) is 7.03. The standard InChI is InChI=1S/C19H17F6N5O3S/c20-18(21,22)11-5-13(16(31)29-12-2-4-27-14(6-12)34(26,32)33)15(28-7-11)30-8-10-1-3-17(10,9-30)19(23,24)25/h2,4-7,10H,1,3,8-9H2,(H2,26,32,33)(H,27,29,31)/t10-,17+/m1/s1. The molecule has 34 heavy (non-hydrogen) atoms. The van der Waals surface area contributed by atoms with Gasteiger partial charge >= 0.3 is 12.4 Å². The highest BCUT2D eigenvalue weighted by molar-refractivity contribution is 7.89. The third kappa shape index (κ3) is 4.17. The highest BCUT2D eigenvalue weighted by Gasteiger charge is 2.67. The van der Waals surface area contributed by atoms with Crippen LogP contribution in [0.4, 0.5) is 37.8 Å². The van der Waals surface area contributed by atoms with Crippen LogP contribution in [0.5, 0.6) is 0 Å². The molecule has 1 saturated heterocycles. The first-order valence-corrected chi connectivity index (χ1v) is 11.4. The molecular formula is C19H17F6N5O3S. The van der Waals surface area contributed by atoms with Gasteiger partial charge in [-0.3, -0.25) is 4.79 Å². The van der Waals surface area contributed by atoms with Crippen LogP contribution in [-0.2, 0) is 16.2 Å². The van der Waals surface area contributed by atoms with E-state index in [2.05, 4.69) is 15.3 Å². The minimum Gasteiger partial charge on any atom is -0.355 e. The molecule has 0 bridgehead atoms. The maximum absolute atomic E-state index is 13.7. The number of amides is 1. The number of pyridine rings is 2. The lowest BCUT2D eigenvalue weighted by molar-refractivity contribution is -0.258. The molecule has 1 amide bonds. The summed E-state index contributed by atoms with van der Waals surface area (Å²) in [5, 5.41) is 6.62. The van der Waals surface area contributed by atoms with Crippen molar-refractivity contribution in [2.45, 2.75) is 30.2 Å². The van der Waals surface area contributed by atoms with Gasteiger partial charge in [-0.05, 0) is 30.9 Å². The topological polar surface area (TPSA) is 118 Å². The van der Waals surface area contributed by atoms with Crippen molar-refractivity contribution in [3.63, 3.8) is 0 Å². The van der Waals surface area contributed by atoms with Crippen LogP contribution < -0.4 is 15.4 Å². The quantitative estimate of drug-likeness (QED) is 0.612. The van der Waals surface area contributed by atoms with Crippen molar-refractivity contribution < 1.29 is 39.6 Å². The van der Waals surface area contributed by atoms with Gasteiger partial charge in [0.1, 0.15) is 5.82 Å². The minimum absolute atomic E-state index is 0.118. The van der Waals surface area contributed by atoms with Crippen molar-refractivity contribution in [1.82, 2.24) is 9.97 Å². The molecule has 4 rings (SSSR count). The summed E-state index contributed by atoms with van der Waals surface area (Å²) in [4.78, 5) is 21.3. The van der Waals surface area contributed by atoms with Crippen LogP contribution in [-0.4, -0.2) is 43.6 Å². The molecule has 15 heteroatoms. The molecule has 8 nitrogen and oxygen atoms in total. The van der Waals surface area contributed by atoms with Crippen molar-refractivity contribution in [3.05, 3.63) is 41.7 Å². The Hall–Kier alpha value is -2.94. The van der Waals surface area contributed by atoms with Crippen LogP contribution >= 0.6 is 0 Å². The van der Waals surface area contributed by atoms with E-state index in [9.17, 15) is 39.6 Å². The number of rotatable bonds is 4. The average molecular weight is 509 g/mol. The fourth-order valence-electron chi connectivity index (χ4n) is 4.34. The molecule has 0 spiro atoms. The SMILES string of the molecule is NS(=O)(=O)c1cc(NC(=O)c2cc(C(F)(F)F)cnc2N2C[C@H]3CC[C@]3(C(F)(F)F)C2)ccn1. The Morgan fingerprint density at radius 3 is 2.41 bits per heavy atom. The smallest absolute Gasteiger partial charge is 0.355 e. The van der Waals surface area contributed by atoms with Crippen molar-refractivity contribution in [2.75, 3.05) is 23.3 Å². The lowest BCUT2D eigenvalue weighted by Gasteiger charge is -2.44. The Morgan fingerprint density at radius 1 is 1.18 bits per heavy atom. The molecule has 0 unspecified atom stereocenters. The molecule has 2 fully saturated rings. The van der Waals surface area contributed by atoms with E-state index in [4.69, 9.17) is 5.14 Å². The number of nitrogens with two attached hydrogens (primary N) is 1. The summed E-state index contributed by atoms with van der Waals surface area (Å²) in [5.41, 5.74) is -4.03. The number of halogens is 6. The molecule has 184 valence electrons. The monoisotopic (exact) mass is 509 g/mol. The van der Waals surface area contributed by atoms with Gasteiger partial charge in [0.05, 0.1) is 16.5 Å². The number of primary sulfonamides is 1. The molecule has 2 atom stereocenters. The van der Waals surface area contributed by atoms with Gasteiger partial charge in [0.2, 0.25) is 0 Å². The van der Waals surface area contributed by atoms with E-state index in [1.54, 1.807) is 0 Å². The lowest BCUT2D eigenvalue weighted by Crippen LogP contribution is -2.51. The van der Waals surface area contributed by atoms with Crippen LogP contribution in [0, 0.1) is 11.3 Å². The summed E-state index contributed by atoms with van der Waals surface area (Å²) < 4.78 is 104. The molecule has 2 aliphatic rings. The van der Waals surface area contributed by atoms with Gasteiger partial charge in [-0.1, -0.05) is 0 Å². The Kier molecular flexibility index (Phi) is 5.55. The van der Waals surface area contributed by atoms with Gasteiger partial charge in [0.15, 0.2) is 5.03 Å². The zero-order valence-corrected chi connectivity index (χ0v) is 17.9. The van der Waals surface area contributed by atoms with Gasteiger partial charge < -0.3 is 10.2 Å². The lowest BCUT2D eigenvalue weighted by atomic mass is 9.61. The first-order chi connectivity index (χ1) is 15.6. The number of anilines is 2. The van der Waals surface area contributed by atoms with E-state index in [0.717, 1.165) is 12.3 Å². The highest BCUT2D eigenvalue weighted by Crippen LogP contribution is 2.61. The van der Waals surface area contributed by atoms with E-state index in [0.29, 0.717) is 18.7 Å². The number of alkyl halides is 6. The Bertz CT molecular complexity index is 1250. The zero-order chi connectivity index (χ0) is 25.1. The molecule has 3 heterocycles. The van der Waals surface area contributed by atoms with Gasteiger partial charge in [0.25, 0.3) is 15.9 Å². The summed E-state index contributed by atoms with van der Waals surface area (Å²) >= 11 is 0. The highest BCUT2D eigenvalue weighted by atomic mass is 32.2. The Morgan fingerprint density at radius 2 is 1.88 bits per heavy atom. The van der Waals surface area contributed by atoms with E-state index in [1.807, 2.05) is 0 Å². The number of aromatic nitrogens is 2. The number of nitrogens with zero attached hydrogens (tertiary/aromatic N) is 3. The van der Waals surface area contributed by atoms with Crippen LogP contribution in [0.1, 0.15) is 28.8 Å². The maximum Gasteiger partial charge on any atom is 0.417 e. The van der Waals surface area contributed by atoms with E-state index >= 15 is 0 Å².